The summed E-state index contributed by atoms with van der Waals surface area (Å²) in [6.45, 7) is 4.38. The molecular formula is C23H21N3O2S2. The first-order chi connectivity index (χ1) is 14.7. The summed E-state index contributed by atoms with van der Waals surface area (Å²) in [6.07, 6.45) is 0. The first kappa shape index (κ1) is 19.4. The minimum atomic E-state index is -0.0778. The van der Waals surface area contributed by atoms with Crippen LogP contribution in [0.1, 0.15) is 15.4 Å². The number of carbonyl (C=O) groups excluding carboxylic acids is 1. The van der Waals surface area contributed by atoms with Crippen molar-refractivity contribution in [3.63, 3.8) is 0 Å². The number of nitrogens with one attached hydrogen (secondary N) is 1. The SMILES string of the molecule is O=C(Nc1ccc(-c2nc(CN3CCOCC3)cs2)cc1)c1cc2ccccc2s1. The van der Waals surface area contributed by atoms with Crippen LogP contribution in [0.5, 0.6) is 0 Å². The van der Waals surface area contributed by atoms with Crippen molar-refractivity contribution >= 4 is 44.4 Å². The van der Waals surface area contributed by atoms with E-state index in [1.54, 1.807) is 11.3 Å². The summed E-state index contributed by atoms with van der Waals surface area (Å²) < 4.78 is 6.53. The minimum absolute atomic E-state index is 0.0778. The number of hydrogen-bond acceptors (Lipinski definition) is 6. The smallest absolute Gasteiger partial charge is 0.265 e. The molecule has 1 N–H and O–H groups in total. The Bertz CT molecular complexity index is 1130. The van der Waals surface area contributed by atoms with Crippen LogP contribution in [0.4, 0.5) is 5.69 Å². The quantitative estimate of drug-likeness (QED) is 0.473. The third-order valence-corrected chi connectivity index (χ3v) is 7.14. The van der Waals surface area contributed by atoms with Gasteiger partial charge < -0.3 is 10.1 Å². The van der Waals surface area contributed by atoms with Gasteiger partial charge in [-0.2, -0.15) is 0 Å². The van der Waals surface area contributed by atoms with E-state index < -0.39 is 0 Å². The molecule has 2 aromatic carbocycles. The minimum Gasteiger partial charge on any atom is -0.379 e. The highest BCUT2D eigenvalue weighted by Crippen LogP contribution is 2.28. The largest absolute Gasteiger partial charge is 0.379 e. The number of carbonyl (C=O) groups is 1. The molecule has 4 aromatic rings. The van der Waals surface area contributed by atoms with Crippen molar-refractivity contribution in [3.8, 4) is 10.6 Å². The number of amides is 1. The highest BCUT2D eigenvalue weighted by molar-refractivity contribution is 7.20. The zero-order valence-corrected chi connectivity index (χ0v) is 18.0. The Morgan fingerprint density at radius 2 is 1.90 bits per heavy atom. The summed E-state index contributed by atoms with van der Waals surface area (Å²) in [4.78, 5) is 20.5. The summed E-state index contributed by atoms with van der Waals surface area (Å²) in [5, 5.41) is 7.22. The molecule has 30 heavy (non-hydrogen) atoms. The van der Waals surface area contributed by atoms with Gasteiger partial charge in [-0.05, 0) is 41.8 Å². The van der Waals surface area contributed by atoms with Crippen molar-refractivity contribution < 1.29 is 9.53 Å². The lowest BCUT2D eigenvalue weighted by Gasteiger charge is -2.25. The molecule has 7 heteroatoms. The van der Waals surface area contributed by atoms with Crippen LogP contribution in [0.15, 0.2) is 60.0 Å². The fraction of sp³-hybridized carbons (Fsp3) is 0.217. The second-order valence-corrected chi connectivity index (χ2v) is 9.15. The van der Waals surface area contributed by atoms with Gasteiger partial charge in [0.2, 0.25) is 0 Å². The summed E-state index contributed by atoms with van der Waals surface area (Å²) in [6, 6.07) is 17.9. The maximum Gasteiger partial charge on any atom is 0.265 e. The lowest BCUT2D eigenvalue weighted by Crippen LogP contribution is -2.35. The highest BCUT2D eigenvalue weighted by atomic mass is 32.1. The molecule has 3 heterocycles. The monoisotopic (exact) mass is 435 g/mol. The third kappa shape index (κ3) is 4.29. The molecular weight excluding hydrogens is 414 g/mol. The second-order valence-electron chi connectivity index (χ2n) is 7.21. The molecule has 0 unspecified atom stereocenters. The van der Waals surface area contributed by atoms with Gasteiger partial charge >= 0.3 is 0 Å². The van der Waals surface area contributed by atoms with Crippen molar-refractivity contribution in [1.82, 2.24) is 9.88 Å². The normalized spacial score (nSPS) is 14.8. The number of morpholine rings is 1. The Kier molecular flexibility index (Phi) is 5.59. The van der Waals surface area contributed by atoms with E-state index in [4.69, 9.17) is 9.72 Å². The molecule has 0 aliphatic carbocycles. The molecule has 5 nitrogen and oxygen atoms in total. The van der Waals surface area contributed by atoms with Gasteiger partial charge in [-0.25, -0.2) is 4.98 Å². The molecule has 0 spiro atoms. The Labute approximate surface area is 182 Å². The predicted octanol–water partition coefficient (Wildman–Crippen LogP) is 5.11. The van der Waals surface area contributed by atoms with E-state index in [0.29, 0.717) is 4.88 Å². The maximum atomic E-state index is 12.6. The first-order valence-corrected chi connectivity index (χ1v) is 11.6. The molecule has 1 aliphatic heterocycles. The number of hydrogen-bond donors (Lipinski definition) is 1. The van der Waals surface area contributed by atoms with Crippen LogP contribution < -0.4 is 5.32 Å². The number of benzene rings is 2. The number of aromatic nitrogens is 1. The van der Waals surface area contributed by atoms with Crippen LogP contribution in [0.3, 0.4) is 0 Å². The lowest BCUT2D eigenvalue weighted by atomic mass is 10.2. The van der Waals surface area contributed by atoms with Crippen molar-refractivity contribution in [2.75, 3.05) is 31.6 Å². The average Bonchev–Trinajstić information content (AvgIpc) is 3.42. The van der Waals surface area contributed by atoms with Gasteiger partial charge in [0.05, 0.1) is 23.8 Å². The number of rotatable bonds is 5. The second kappa shape index (κ2) is 8.65. The van der Waals surface area contributed by atoms with Crippen LogP contribution in [0.2, 0.25) is 0 Å². The molecule has 0 bridgehead atoms. The Hall–Kier alpha value is -2.58. The van der Waals surface area contributed by atoms with Gasteiger partial charge in [0.15, 0.2) is 0 Å². The number of ether oxygens (including phenoxy) is 1. The summed E-state index contributed by atoms with van der Waals surface area (Å²) in [5.41, 5.74) is 2.94. The van der Waals surface area contributed by atoms with Gasteiger partial charge in [-0.3, -0.25) is 9.69 Å². The topological polar surface area (TPSA) is 54.5 Å². The van der Waals surface area contributed by atoms with Crippen LogP contribution >= 0.6 is 22.7 Å². The van der Waals surface area contributed by atoms with E-state index in [-0.39, 0.29) is 5.91 Å². The molecule has 0 saturated carbocycles. The van der Waals surface area contributed by atoms with Crippen molar-refractivity contribution in [2.45, 2.75) is 6.54 Å². The molecule has 1 amide bonds. The van der Waals surface area contributed by atoms with Crippen molar-refractivity contribution in [3.05, 3.63) is 70.5 Å². The first-order valence-electron chi connectivity index (χ1n) is 9.89. The molecule has 1 aliphatic rings. The van der Waals surface area contributed by atoms with Crippen LogP contribution in [0, 0.1) is 0 Å². The van der Waals surface area contributed by atoms with E-state index in [0.717, 1.165) is 64.9 Å². The molecule has 2 aromatic heterocycles. The number of anilines is 1. The van der Waals surface area contributed by atoms with E-state index in [9.17, 15) is 4.79 Å². The molecule has 152 valence electrons. The van der Waals surface area contributed by atoms with Crippen LogP contribution in [0.25, 0.3) is 20.7 Å². The van der Waals surface area contributed by atoms with E-state index in [1.165, 1.54) is 11.3 Å². The van der Waals surface area contributed by atoms with Crippen molar-refractivity contribution in [2.24, 2.45) is 0 Å². The molecule has 5 rings (SSSR count). The Morgan fingerprint density at radius 3 is 2.70 bits per heavy atom. The maximum absolute atomic E-state index is 12.6. The van der Waals surface area contributed by atoms with E-state index in [1.807, 2.05) is 54.6 Å². The summed E-state index contributed by atoms with van der Waals surface area (Å²) >= 11 is 3.16. The third-order valence-electron chi connectivity index (χ3n) is 5.08. The molecule has 1 fully saturated rings. The standard InChI is InChI=1S/C23H21N3O2S2/c27-22(21-13-17-3-1-2-4-20(17)30-21)24-18-7-5-16(6-8-18)23-25-19(15-29-23)14-26-9-11-28-12-10-26/h1-8,13,15H,9-12,14H2,(H,24,27). The average molecular weight is 436 g/mol. The van der Waals surface area contributed by atoms with Gasteiger partial charge in [0.1, 0.15) is 5.01 Å². The molecule has 0 atom stereocenters. The van der Waals surface area contributed by atoms with Gasteiger partial charge in [0, 0.05) is 41.0 Å². The number of fused-ring (bicyclic) bond motifs is 1. The zero-order chi connectivity index (χ0) is 20.3. The summed E-state index contributed by atoms with van der Waals surface area (Å²) in [7, 11) is 0. The Balaban J connectivity index is 1.24. The van der Waals surface area contributed by atoms with Gasteiger partial charge in [0.25, 0.3) is 5.91 Å². The number of thiazole rings is 1. The fourth-order valence-corrected chi connectivity index (χ4v) is 5.26. The number of thiophene rings is 1. The molecule has 1 saturated heterocycles. The van der Waals surface area contributed by atoms with Crippen molar-refractivity contribution in [1.29, 1.82) is 0 Å². The van der Waals surface area contributed by atoms with Crippen LogP contribution in [-0.4, -0.2) is 42.1 Å². The predicted molar refractivity (Wildman–Crippen MR) is 123 cm³/mol. The van der Waals surface area contributed by atoms with Gasteiger partial charge in [-0.15, -0.1) is 22.7 Å². The fourth-order valence-electron chi connectivity index (χ4n) is 3.48. The summed E-state index contributed by atoms with van der Waals surface area (Å²) in [5.74, 6) is -0.0778. The Morgan fingerprint density at radius 1 is 1.10 bits per heavy atom. The zero-order valence-electron chi connectivity index (χ0n) is 16.3. The highest BCUT2D eigenvalue weighted by Gasteiger charge is 2.14. The number of nitrogens with zero attached hydrogens (tertiary/aromatic N) is 2. The van der Waals surface area contributed by atoms with Crippen LogP contribution in [-0.2, 0) is 11.3 Å². The van der Waals surface area contributed by atoms with E-state index in [2.05, 4.69) is 15.6 Å². The van der Waals surface area contributed by atoms with E-state index >= 15 is 0 Å². The molecule has 0 radical (unpaired) electrons. The van der Waals surface area contributed by atoms with Gasteiger partial charge in [-0.1, -0.05) is 18.2 Å². The lowest BCUT2D eigenvalue weighted by molar-refractivity contribution is 0.0337.